The first kappa shape index (κ1) is 49.0. The minimum absolute atomic E-state index is 0.0218. The first-order chi connectivity index (χ1) is 38.7. The molecule has 7 heteroatoms. The highest BCUT2D eigenvalue weighted by molar-refractivity contribution is 7.03. The molecule has 0 unspecified atom stereocenters. The Morgan fingerprint density at radius 3 is 1.66 bits per heavy atom. The van der Waals surface area contributed by atoms with Gasteiger partial charge in [-0.25, -0.2) is 4.98 Å². The minimum atomic E-state index is -1.98. The average Bonchev–Trinajstić information content (AvgIpc) is 4.46. The summed E-state index contributed by atoms with van der Waals surface area (Å²) in [4.78, 5) is 4.93. The van der Waals surface area contributed by atoms with Gasteiger partial charge in [-0.05, 0) is 106 Å². The van der Waals surface area contributed by atoms with Gasteiger partial charge in [0.25, 0.3) is 6.33 Å². The van der Waals surface area contributed by atoms with Crippen LogP contribution in [0.15, 0.2) is 237 Å². The number of fused-ring (bicyclic) bond motifs is 4. The molecule has 2 aliphatic rings. The maximum atomic E-state index is 6.90. The number of para-hydroxylation sites is 4. The van der Waals surface area contributed by atoms with E-state index in [1.54, 1.807) is 10.4 Å². The number of nitrogens with zero attached hydrogens (tertiary/aromatic N) is 4. The fraction of sp³-hybridized carbons (Fsp3) is 0.167. The zero-order valence-corrected chi connectivity index (χ0v) is 47.4. The third-order valence-electron chi connectivity index (χ3n) is 17.6. The van der Waals surface area contributed by atoms with Gasteiger partial charge in [0.15, 0.2) is 0 Å². The van der Waals surface area contributed by atoms with Crippen LogP contribution in [0, 0.1) is 6.33 Å². The molecule has 0 spiro atoms. The molecule has 9 aromatic carbocycles. The van der Waals surface area contributed by atoms with E-state index in [0.29, 0.717) is 0 Å². The molecular formula is C72H64N4OSi2. The highest BCUT2D eigenvalue weighted by Gasteiger charge is 2.41. The van der Waals surface area contributed by atoms with Gasteiger partial charge in [-0.1, -0.05) is 243 Å². The number of benzene rings is 9. The SMILES string of the molecule is CC(C)(C)c1ccnc(-n2c3ccccc3c3ccc(Oc4cccc(-n5[c-][n+](-c6c(-c7cccc([Si]8(c9ccccc9)CCCC8)c7)cccc6-c6cccc([Si]7(c8ccccc8)CCCC7)c6)c6ccccc65)c4)cc32)c1. The summed E-state index contributed by atoms with van der Waals surface area (Å²) in [5.41, 5.74) is 12.5. The molecule has 14 rings (SSSR count). The number of rotatable bonds is 11. The van der Waals surface area contributed by atoms with Gasteiger partial charge in [-0.3, -0.25) is 13.7 Å². The van der Waals surface area contributed by atoms with Gasteiger partial charge >= 0.3 is 0 Å². The summed E-state index contributed by atoms with van der Waals surface area (Å²) in [6.45, 7) is 6.75. The zero-order chi connectivity index (χ0) is 53.1. The maximum absolute atomic E-state index is 6.90. The van der Waals surface area contributed by atoms with Crippen molar-refractivity contribution >= 4 is 69.7 Å². The predicted octanol–water partition coefficient (Wildman–Crippen LogP) is 15.3. The van der Waals surface area contributed by atoms with Crippen LogP contribution in [0.1, 0.15) is 52.0 Å². The Kier molecular flexibility index (Phi) is 12.3. The Morgan fingerprint density at radius 2 is 1.01 bits per heavy atom. The second-order valence-electron chi connectivity index (χ2n) is 23.2. The molecule has 2 fully saturated rings. The average molecular weight is 1060 g/mol. The lowest BCUT2D eigenvalue weighted by atomic mass is 9.88. The van der Waals surface area contributed by atoms with E-state index >= 15 is 0 Å². The molecule has 5 nitrogen and oxygen atoms in total. The van der Waals surface area contributed by atoms with Crippen LogP contribution in [-0.4, -0.2) is 30.3 Å². The Balaban J connectivity index is 0.910. The van der Waals surface area contributed by atoms with Gasteiger partial charge in [0.1, 0.15) is 33.5 Å². The first-order valence-corrected chi connectivity index (χ1v) is 33.3. The summed E-state index contributed by atoms with van der Waals surface area (Å²) in [6.07, 6.45) is 11.1. The van der Waals surface area contributed by atoms with Crippen LogP contribution in [0.5, 0.6) is 11.5 Å². The van der Waals surface area contributed by atoms with Crippen molar-refractivity contribution in [2.24, 2.45) is 0 Å². The first-order valence-electron chi connectivity index (χ1n) is 28.4. The van der Waals surface area contributed by atoms with Gasteiger partial charge in [-0.15, -0.1) is 0 Å². The maximum Gasteiger partial charge on any atom is 0.269 e. The smallest absolute Gasteiger partial charge is 0.269 e. The lowest BCUT2D eigenvalue weighted by Gasteiger charge is -2.29. The van der Waals surface area contributed by atoms with Crippen LogP contribution in [0.4, 0.5) is 0 Å². The van der Waals surface area contributed by atoms with E-state index in [1.807, 2.05) is 6.20 Å². The summed E-state index contributed by atoms with van der Waals surface area (Å²) in [6, 6.07) is 91.0. The van der Waals surface area contributed by atoms with Crippen LogP contribution >= 0.6 is 0 Å². The van der Waals surface area contributed by atoms with E-state index in [4.69, 9.17) is 9.72 Å². The van der Waals surface area contributed by atoms with Crippen LogP contribution in [0.3, 0.4) is 0 Å². The van der Waals surface area contributed by atoms with Crippen molar-refractivity contribution in [3.05, 3.63) is 249 Å². The third-order valence-corrected chi connectivity index (χ3v) is 28.2. The van der Waals surface area contributed by atoms with E-state index in [1.165, 1.54) is 93.4 Å². The molecule has 0 amide bonds. The molecule has 2 saturated heterocycles. The summed E-state index contributed by atoms with van der Waals surface area (Å²) in [5.74, 6) is 2.39. The number of hydrogen-bond acceptors (Lipinski definition) is 2. The van der Waals surface area contributed by atoms with Crippen molar-refractivity contribution in [3.8, 4) is 50.9 Å². The quantitative estimate of drug-likeness (QED) is 0.0735. The van der Waals surface area contributed by atoms with Crippen LogP contribution < -0.4 is 30.1 Å². The number of hydrogen-bond donors (Lipinski definition) is 0. The van der Waals surface area contributed by atoms with Crippen molar-refractivity contribution in [2.75, 3.05) is 0 Å². The van der Waals surface area contributed by atoms with Crippen molar-refractivity contribution in [2.45, 2.75) is 76.0 Å². The summed E-state index contributed by atoms with van der Waals surface area (Å²) < 4.78 is 13.7. The van der Waals surface area contributed by atoms with Crippen molar-refractivity contribution in [1.29, 1.82) is 0 Å². The van der Waals surface area contributed by atoms with Gasteiger partial charge in [0.05, 0.1) is 33.4 Å². The molecule has 3 aromatic heterocycles. The fourth-order valence-electron chi connectivity index (χ4n) is 13.7. The number of imidazole rings is 1. The van der Waals surface area contributed by atoms with Crippen LogP contribution in [0.2, 0.25) is 24.2 Å². The predicted molar refractivity (Wildman–Crippen MR) is 332 cm³/mol. The van der Waals surface area contributed by atoms with Crippen molar-refractivity contribution < 1.29 is 9.30 Å². The van der Waals surface area contributed by atoms with Crippen LogP contribution in [-0.2, 0) is 5.41 Å². The number of pyridine rings is 1. The topological polar surface area (TPSA) is 35.9 Å². The Hall–Kier alpha value is -8.37. The molecule has 12 aromatic rings. The van der Waals surface area contributed by atoms with E-state index in [2.05, 4.69) is 271 Å². The third kappa shape index (κ3) is 8.58. The van der Waals surface area contributed by atoms with Crippen molar-refractivity contribution in [1.82, 2.24) is 14.1 Å². The molecular weight excluding hydrogens is 993 g/mol. The molecule has 0 atom stereocenters. The second kappa shape index (κ2) is 19.8. The molecule has 0 aliphatic carbocycles. The molecule has 0 bridgehead atoms. The van der Waals surface area contributed by atoms with Crippen LogP contribution in [0.25, 0.3) is 72.3 Å². The lowest BCUT2D eigenvalue weighted by Crippen LogP contribution is -2.55. The standard InChI is InChI=1S/C72H64N4OSi2/c1-72(2,3)54-40-41-73-70(48-54)76-66-35-11-10-32-64(66)65-39-38-57(50-69(65)76)77-56-25-20-24-55(49-56)74-51-75(68-37-13-12-36-67(68)74)71-62(52-22-18-30-60(46-52)78(42-14-15-43-78)58-26-6-4-7-27-58)33-21-34-63(71)53-23-19-31-61(47-53)79(44-16-17-45-79)59-28-8-5-9-29-59/h4-13,18-41,46-50H,14-17,42-45H2,1-3H3. The molecule has 0 saturated carbocycles. The number of ether oxygens (including phenoxy) is 1. The zero-order valence-electron chi connectivity index (χ0n) is 45.4. The normalized spacial score (nSPS) is 15.1. The second-order valence-corrected chi connectivity index (χ2v) is 31.9. The molecule has 0 radical (unpaired) electrons. The largest absolute Gasteiger partial charge is 0.458 e. The Labute approximate surface area is 466 Å². The van der Waals surface area contributed by atoms with E-state index in [-0.39, 0.29) is 5.41 Å². The summed E-state index contributed by atoms with van der Waals surface area (Å²) in [5, 5.41) is 8.51. The monoisotopic (exact) mass is 1060 g/mol. The van der Waals surface area contributed by atoms with Gasteiger partial charge in [-0.2, -0.15) is 0 Å². The van der Waals surface area contributed by atoms with Crippen molar-refractivity contribution in [3.63, 3.8) is 0 Å². The molecule has 79 heavy (non-hydrogen) atoms. The highest BCUT2D eigenvalue weighted by Crippen LogP contribution is 2.40. The van der Waals surface area contributed by atoms with Gasteiger partial charge < -0.3 is 4.74 Å². The molecule has 2 aliphatic heterocycles. The molecule has 0 N–H and O–H groups in total. The minimum Gasteiger partial charge on any atom is -0.458 e. The van der Waals surface area contributed by atoms with E-state index < -0.39 is 16.1 Å². The summed E-state index contributed by atoms with van der Waals surface area (Å²) in [7, 11) is -3.97. The Bertz CT molecular complexity index is 4110. The Morgan fingerprint density at radius 1 is 0.468 bits per heavy atom. The fourth-order valence-corrected chi connectivity index (χ4v) is 23.9. The molecule has 5 heterocycles. The molecule has 386 valence electrons. The van der Waals surface area contributed by atoms with Gasteiger partial charge in [0, 0.05) is 23.0 Å². The van der Waals surface area contributed by atoms with E-state index in [9.17, 15) is 0 Å². The highest BCUT2D eigenvalue weighted by atomic mass is 28.3. The van der Waals surface area contributed by atoms with E-state index in [0.717, 1.165) is 56.1 Å². The lowest BCUT2D eigenvalue weighted by molar-refractivity contribution is -0.571. The summed E-state index contributed by atoms with van der Waals surface area (Å²) >= 11 is 0. The van der Waals surface area contributed by atoms with Gasteiger partial charge in [0.2, 0.25) is 0 Å². The number of aromatic nitrogens is 4.